The molecule has 0 amide bonds. The number of hydrogen-bond acceptors (Lipinski definition) is 4. The maximum atomic E-state index is 5.94. The van der Waals surface area contributed by atoms with E-state index in [2.05, 4.69) is 10.1 Å². The van der Waals surface area contributed by atoms with Crippen LogP contribution in [0.25, 0.3) is 11.4 Å². The standard InChI is InChI=1S/C13H16N4O/c1-18-11-4-2-9(3-5-11)13-15-12-8-10(14)6-7-17(12)16-13/h2-5,10H,6-8,14H2,1H3. The number of benzene rings is 1. The lowest BCUT2D eigenvalue weighted by Gasteiger charge is -2.17. The summed E-state index contributed by atoms with van der Waals surface area (Å²) in [5, 5.41) is 4.52. The van der Waals surface area contributed by atoms with Gasteiger partial charge in [-0.25, -0.2) is 9.67 Å². The van der Waals surface area contributed by atoms with E-state index in [1.165, 1.54) is 0 Å². The molecule has 1 atom stereocenters. The summed E-state index contributed by atoms with van der Waals surface area (Å²) in [5.74, 6) is 2.59. The normalized spacial score (nSPS) is 18.4. The summed E-state index contributed by atoms with van der Waals surface area (Å²) < 4.78 is 7.10. The summed E-state index contributed by atoms with van der Waals surface area (Å²) in [4.78, 5) is 4.56. The third-order valence-electron chi connectivity index (χ3n) is 3.25. The van der Waals surface area contributed by atoms with Crippen molar-refractivity contribution in [2.45, 2.75) is 25.4 Å². The lowest BCUT2D eigenvalue weighted by atomic mass is 10.1. The van der Waals surface area contributed by atoms with Crippen molar-refractivity contribution >= 4 is 0 Å². The van der Waals surface area contributed by atoms with Crippen LogP contribution in [-0.2, 0) is 13.0 Å². The molecule has 3 rings (SSSR count). The molecule has 0 fully saturated rings. The van der Waals surface area contributed by atoms with Crippen LogP contribution in [0, 0.1) is 0 Å². The van der Waals surface area contributed by atoms with E-state index in [9.17, 15) is 0 Å². The summed E-state index contributed by atoms with van der Waals surface area (Å²) in [7, 11) is 1.66. The first-order valence-electron chi connectivity index (χ1n) is 6.10. The van der Waals surface area contributed by atoms with Gasteiger partial charge in [0.2, 0.25) is 0 Å². The van der Waals surface area contributed by atoms with Gasteiger partial charge in [-0.3, -0.25) is 0 Å². The number of ether oxygens (including phenoxy) is 1. The summed E-state index contributed by atoms with van der Waals surface area (Å²) in [5.41, 5.74) is 6.94. The zero-order valence-electron chi connectivity index (χ0n) is 10.3. The van der Waals surface area contributed by atoms with Gasteiger partial charge >= 0.3 is 0 Å². The monoisotopic (exact) mass is 244 g/mol. The minimum Gasteiger partial charge on any atom is -0.497 e. The van der Waals surface area contributed by atoms with Crippen molar-refractivity contribution in [3.63, 3.8) is 0 Å². The number of rotatable bonds is 2. The van der Waals surface area contributed by atoms with Crippen molar-refractivity contribution in [1.82, 2.24) is 14.8 Å². The third-order valence-corrected chi connectivity index (χ3v) is 3.25. The molecular weight excluding hydrogens is 228 g/mol. The Labute approximate surface area is 106 Å². The smallest absolute Gasteiger partial charge is 0.181 e. The van der Waals surface area contributed by atoms with Gasteiger partial charge in [0.05, 0.1) is 7.11 Å². The SMILES string of the molecule is COc1ccc(-c2nc3n(n2)CCC(N)C3)cc1. The van der Waals surface area contributed by atoms with Gasteiger partial charge in [-0.05, 0) is 30.7 Å². The van der Waals surface area contributed by atoms with Crippen molar-refractivity contribution in [2.24, 2.45) is 5.73 Å². The predicted octanol–water partition coefficient (Wildman–Crippen LogP) is 1.23. The molecular formula is C13H16N4O. The van der Waals surface area contributed by atoms with Crippen molar-refractivity contribution in [3.05, 3.63) is 30.1 Å². The molecule has 1 aromatic heterocycles. The van der Waals surface area contributed by atoms with Crippen LogP contribution in [0.15, 0.2) is 24.3 Å². The molecule has 5 nitrogen and oxygen atoms in total. The fourth-order valence-corrected chi connectivity index (χ4v) is 2.19. The molecule has 2 heterocycles. The molecule has 0 spiro atoms. The Balaban J connectivity index is 1.92. The molecule has 1 aliphatic heterocycles. The van der Waals surface area contributed by atoms with Crippen LogP contribution in [0.3, 0.4) is 0 Å². The summed E-state index contributed by atoms with van der Waals surface area (Å²) in [6.07, 6.45) is 1.78. The molecule has 94 valence electrons. The topological polar surface area (TPSA) is 66.0 Å². The minimum atomic E-state index is 0.213. The second-order valence-corrected chi connectivity index (χ2v) is 4.56. The highest BCUT2D eigenvalue weighted by Crippen LogP contribution is 2.21. The fourth-order valence-electron chi connectivity index (χ4n) is 2.19. The van der Waals surface area contributed by atoms with Crippen LogP contribution in [0.1, 0.15) is 12.2 Å². The average Bonchev–Trinajstić information content (AvgIpc) is 2.81. The van der Waals surface area contributed by atoms with Gasteiger partial charge in [0.15, 0.2) is 5.82 Å². The van der Waals surface area contributed by atoms with E-state index in [1.54, 1.807) is 7.11 Å². The van der Waals surface area contributed by atoms with Crippen LogP contribution in [-0.4, -0.2) is 27.9 Å². The van der Waals surface area contributed by atoms with Crippen LogP contribution in [0.4, 0.5) is 0 Å². The molecule has 1 aromatic carbocycles. The number of hydrogen-bond donors (Lipinski definition) is 1. The minimum absolute atomic E-state index is 0.213. The Hall–Kier alpha value is -1.88. The molecule has 1 unspecified atom stereocenters. The van der Waals surface area contributed by atoms with Crippen LogP contribution in [0.2, 0.25) is 0 Å². The molecule has 18 heavy (non-hydrogen) atoms. The summed E-state index contributed by atoms with van der Waals surface area (Å²) >= 11 is 0. The summed E-state index contributed by atoms with van der Waals surface area (Å²) in [6, 6.07) is 7.99. The highest BCUT2D eigenvalue weighted by atomic mass is 16.5. The van der Waals surface area contributed by atoms with E-state index < -0.39 is 0 Å². The van der Waals surface area contributed by atoms with Crippen molar-refractivity contribution < 1.29 is 4.74 Å². The number of fused-ring (bicyclic) bond motifs is 1. The lowest BCUT2D eigenvalue weighted by Crippen LogP contribution is -2.31. The molecule has 0 saturated heterocycles. The number of nitrogens with two attached hydrogens (primary N) is 1. The number of aryl methyl sites for hydroxylation is 1. The van der Waals surface area contributed by atoms with E-state index in [-0.39, 0.29) is 6.04 Å². The number of methoxy groups -OCH3 is 1. The average molecular weight is 244 g/mol. The van der Waals surface area contributed by atoms with E-state index >= 15 is 0 Å². The van der Waals surface area contributed by atoms with Gasteiger partial charge in [0.25, 0.3) is 0 Å². The van der Waals surface area contributed by atoms with Gasteiger partial charge < -0.3 is 10.5 Å². The van der Waals surface area contributed by atoms with Gasteiger partial charge in [0.1, 0.15) is 11.6 Å². The van der Waals surface area contributed by atoms with Crippen molar-refractivity contribution in [3.8, 4) is 17.1 Å². The van der Waals surface area contributed by atoms with Crippen LogP contribution >= 0.6 is 0 Å². The molecule has 0 aliphatic carbocycles. The Bertz CT molecular complexity index is 547. The van der Waals surface area contributed by atoms with E-state index in [0.717, 1.165) is 42.3 Å². The highest BCUT2D eigenvalue weighted by Gasteiger charge is 2.19. The number of nitrogens with zero attached hydrogens (tertiary/aromatic N) is 3. The van der Waals surface area contributed by atoms with E-state index in [0.29, 0.717) is 0 Å². The Morgan fingerprint density at radius 1 is 1.33 bits per heavy atom. The predicted molar refractivity (Wildman–Crippen MR) is 68.3 cm³/mol. The Morgan fingerprint density at radius 2 is 2.11 bits per heavy atom. The molecule has 1 aliphatic rings. The second-order valence-electron chi connectivity index (χ2n) is 4.56. The molecule has 0 radical (unpaired) electrons. The number of aromatic nitrogens is 3. The van der Waals surface area contributed by atoms with Gasteiger partial charge in [0, 0.05) is 24.6 Å². The van der Waals surface area contributed by atoms with Gasteiger partial charge in [-0.1, -0.05) is 0 Å². The zero-order valence-corrected chi connectivity index (χ0v) is 10.3. The van der Waals surface area contributed by atoms with Gasteiger partial charge in [-0.2, -0.15) is 5.10 Å². The van der Waals surface area contributed by atoms with Gasteiger partial charge in [-0.15, -0.1) is 0 Å². The highest BCUT2D eigenvalue weighted by molar-refractivity contribution is 5.55. The summed E-state index contributed by atoms with van der Waals surface area (Å²) in [6.45, 7) is 0.861. The lowest BCUT2D eigenvalue weighted by molar-refractivity contribution is 0.415. The quantitative estimate of drug-likeness (QED) is 0.862. The molecule has 0 bridgehead atoms. The maximum Gasteiger partial charge on any atom is 0.181 e. The first kappa shape index (κ1) is 11.2. The Kier molecular flexibility index (Phi) is 2.76. The van der Waals surface area contributed by atoms with Crippen LogP contribution < -0.4 is 10.5 Å². The van der Waals surface area contributed by atoms with E-state index in [1.807, 2.05) is 28.9 Å². The maximum absolute atomic E-state index is 5.94. The van der Waals surface area contributed by atoms with Crippen molar-refractivity contribution in [1.29, 1.82) is 0 Å². The molecule has 5 heteroatoms. The van der Waals surface area contributed by atoms with E-state index in [4.69, 9.17) is 10.5 Å². The van der Waals surface area contributed by atoms with Crippen molar-refractivity contribution in [2.75, 3.05) is 7.11 Å². The third kappa shape index (κ3) is 1.97. The fraction of sp³-hybridized carbons (Fsp3) is 0.385. The molecule has 2 aromatic rings. The van der Waals surface area contributed by atoms with Crippen LogP contribution in [0.5, 0.6) is 5.75 Å². The first-order chi connectivity index (χ1) is 8.76. The molecule has 2 N–H and O–H groups in total. The zero-order chi connectivity index (χ0) is 12.5. The first-order valence-corrected chi connectivity index (χ1v) is 6.10. The molecule has 0 saturated carbocycles. The second kappa shape index (κ2) is 4.42. The largest absolute Gasteiger partial charge is 0.497 e. The Morgan fingerprint density at radius 3 is 2.83 bits per heavy atom.